The maximum absolute atomic E-state index is 5.70. The van der Waals surface area contributed by atoms with E-state index in [2.05, 4.69) is 20.3 Å². The van der Waals surface area contributed by atoms with Crippen LogP contribution < -0.4 is 10.4 Å². The molecule has 6 heteroatoms. The summed E-state index contributed by atoms with van der Waals surface area (Å²) in [4.78, 5) is 8.98. The third-order valence-corrected chi connectivity index (χ3v) is 3.42. The number of nitrogen functional groups attached to an aromatic ring is 1. The molecule has 0 atom stereocenters. The average molecular weight is 289 g/mol. The number of anilines is 1. The lowest BCUT2D eigenvalue weighted by Crippen LogP contribution is -2.33. The van der Waals surface area contributed by atoms with Gasteiger partial charge in [0.25, 0.3) is 0 Å². The molecule has 2 aromatic carbocycles. The number of rotatable bonds is 2. The number of para-hydroxylation sites is 2. The Morgan fingerprint density at radius 2 is 1.73 bits per heavy atom. The normalized spacial score (nSPS) is 10.9. The second-order valence-corrected chi connectivity index (χ2v) is 4.94. The van der Waals surface area contributed by atoms with Crippen molar-refractivity contribution < 1.29 is 4.68 Å². The molecule has 0 aliphatic carbocycles. The van der Waals surface area contributed by atoms with Crippen LogP contribution in [0.1, 0.15) is 0 Å². The number of benzene rings is 2. The van der Waals surface area contributed by atoms with Crippen molar-refractivity contribution in [1.82, 2.24) is 20.3 Å². The summed E-state index contributed by atoms with van der Waals surface area (Å²) in [5.74, 6) is 0.688. The molecule has 0 saturated heterocycles. The van der Waals surface area contributed by atoms with Crippen LogP contribution in [0.15, 0.2) is 60.9 Å². The first-order valence-corrected chi connectivity index (χ1v) is 6.85. The first kappa shape index (κ1) is 12.5. The molecule has 0 radical (unpaired) electrons. The van der Waals surface area contributed by atoms with Gasteiger partial charge >= 0.3 is 5.82 Å². The molecule has 22 heavy (non-hydrogen) atoms. The fourth-order valence-corrected chi connectivity index (χ4v) is 2.26. The van der Waals surface area contributed by atoms with Gasteiger partial charge in [-0.1, -0.05) is 17.1 Å². The van der Waals surface area contributed by atoms with Crippen molar-refractivity contribution in [3.8, 4) is 17.1 Å². The monoisotopic (exact) mass is 289 g/mol. The minimum atomic E-state index is 0.688. The zero-order valence-corrected chi connectivity index (χ0v) is 11.6. The number of H-pyrrole nitrogens is 1. The Morgan fingerprint density at radius 3 is 2.55 bits per heavy atom. The maximum Gasteiger partial charge on any atom is 0.303 e. The highest BCUT2D eigenvalue weighted by molar-refractivity contribution is 5.74. The van der Waals surface area contributed by atoms with Crippen LogP contribution in [0.4, 0.5) is 5.69 Å². The van der Waals surface area contributed by atoms with E-state index < -0.39 is 0 Å². The molecule has 0 aliphatic rings. The average Bonchev–Trinajstić information content (AvgIpc) is 3.05. The lowest BCUT2D eigenvalue weighted by atomic mass is 10.1. The Balaban J connectivity index is 1.74. The minimum absolute atomic E-state index is 0.688. The predicted octanol–water partition coefficient (Wildman–Crippen LogP) is 1.88. The lowest BCUT2D eigenvalue weighted by molar-refractivity contribution is -0.662. The molecule has 2 heterocycles. The third-order valence-electron chi connectivity index (χ3n) is 3.42. The third kappa shape index (κ3) is 2.16. The van der Waals surface area contributed by atoms with E-state index in [9.17, 15) is 0 Å². The summed E-state index contributed by atoms with van der Waals surface area (Å²) in [6, 6.07) is 15.3. The fraction of sp³-hybridized carbons (Fsp3) is 0. The topological polar surface area (TPSA) is 84.4 Å². The maximum atomic E-state index is 5.70. The number of hydrogen-bond acceptors (Lipinski definition) is 4. The zero-order chi connectivity index (χ0) is 14.9. The van der Waals surface area contributed by atoms with Crippen LogP contribution in [0.5, 0.6) is 0 Å². The van der Waals surface area contributed by atoms with Crippen LogP contribution in [-0.2, 0) is 0 Å². The second kappa shape index (κ2) is 4.92. The van der Waals surface area contributed by atoms with Gasteiger partial charge in [-0.2, -0.15) is 0 Å². The first-order valence-electron chi connectivity index (χ1n) is 6.85. The molecule has 0 spiro atoms. The van der Waals surface area contributed by atoms with Gasteiger partial charge in [0.15, 0.2) is 5.52 Å². The first-order chi connectivity index (χ1) is 10.8. The number of nitrogens with one attached hydrogen (secondary N) is 1. The van der Waals surface area contributed by atoms with Gasteiger partial charge in [-0.05, 0) is 41.5 Å². The summed E-state index contributed by atoms with van der Waals surface area (Å²) in [6.07, 6.45) is 3.59. The number of nitrogens with zero attached hydrogens (tertiary/aromatic N) is 4. The van der Waals surface area contributed by atoms with Gasteiger partial charge in [0.1, 0.15) is 17.9 Å². The summed E-state index contributed by atoms with van der Waals surface area (Å²) in [5, 5.41) is 7.23. The van der Waals surface area contributed by atoms with Gasteiger partial charge in [-0.25, -0.2) is 4.98 Å². The van der Waals surface area contributed by atoms with Gasteiger partial charge in [0.05, 0.1) is 0 Å². The smallest absolute Gasteiger partial charge is 0.303 e. The second-order valence-electron chi connectivity index (χ2n) is 4.94. The Labute approximate surface area is 126 Å². The minimum Gasteiger partial charge on any atom is -0.399 e. The van der Waals surface area contributed by atoms with Crippen molar-refractivity contribution in [1.29, 1.82) is 0 Å². The molecule has 4 aromatic rings. The zero-order valence-electron chi connectivity index (χ0n) is 11.6. The molecule has 2 aromatic heterocycles. The fourth-order valence-electron chi connectivity index (χ4n) is 2.26. The highest BCUT2D eigenvalue weighted by atomic mass is 15.4. The summed E-state index contributed by atoms with van der Waals surface area (Å²) >= 11 is 0. The largest absolute Gasteiger partial charge is 0.399 e. The molecule has 0 saturated carbocycles. The van der Waals surface area contributed by atoms with Gasteiger partial charge in [-0.15, -0.1) is 9.90 Å². The van der Waals surface area contributed by atoms with Gasteiger partial charge in [-0.3, -0.25) is 0 Å². The Bertz CT molecular complexity index is 942. The lowest BCUT2D eigenvalue weighted by Gasteiger charge is -1.95. The van der Waals surface area contributed by atoms with Crippen molar-refractivity contribution in [2.24, 2.45) is 0 Å². The van der Waals surface area contributed by atoms with Gasteiger partial charge in [0, 0.05) is 11.3 Å². The number of nitrogens with two attached hydrogens (primary N) is 1. The Morgan fingerprint density at radius 1 is 0.955 bits per heavy atom. The van der Waals surface area contributed by atoms with E-state index in [1.165, 1.54) is 0 Å². The van der Waals surface area contributed by atoms with Crippen LogP contribution in [0, 0.1) is 0 Å². The van der Waals surface area contributed by atoms with Crippen molar-refractivity contribution in [3.63, 3.8) is 0 Å². The number of aromatic nitrogens is 5. The molecule has 0 unspecified atom stereocenters. The van der Waals surface area contributed by atoms with Crippen LogP contribution in [-0.4, -0.2) is 20.3 Å². The Kier molecular flexibility index (Phi) is 2.79. The summed E-state index contributed by atoms with van der Waals surface area (Å²) in [5.41, 5.74) is 9.94. The van der Waals surface area contributed by atoms with Crippen molar-refractivity contribution >= 4 is 16.7 Å². The molecule has 4 rings (SSSR count). The van der Waals surface area contributed by atoms with E-state index in [-0.39, 0.29) is 0 Å². The summed E-state index contributed by atoms with van der Waals surface area (Å²) < 4.78 is 1.74. The molecule has 0 fully saturated rings. The van der Waals surface area contributed by atoms with Crippen LogP contribution in [0.25, 0.3) is 28.1 Å². The van der Waals surface area contributed by atoms with E-state index in [0.29, 0.717) is 5.82 Å². The summed E-state index contributed by atoms with van der Waals surface area (Å²) in [6.45, 7) is 0. The number of fused-ring (bicyclic) bond motifs is 1. The highest BCUT2D eigenvalue weighted by Crippen LogP contribution is 2.16. The standard InChI is InChI=1S/C16H12N6/c17-12-7-5-11(6-8-12)15-10-22(21-20-15)16-9-18-13-3-1-2-4-14(13)19-16/h1-10H,17H2/p+1. The van der Waals surface area contributed by atoms with Crippen molar-refractivity contribution in [2.45, 2.75) is 0 Å². The summed E-state index contributed by atoms with van der Waals surface area (Å²) in [7, 11) is 0. The molecule has 0 bridgehead atoms. The predicted molar refractivity (Wildman–Crippen MR) is 83.1 cm³/mol. The van der Waals surface area contributed by atoms with Crippen molar-refractivity contribution in [3.05, 3.63) is 60.9 Å². The Hall–Kier alpha value is -3.28. The van der Waals surface area contributed by atoms with Crippen LogP contribution in [0.3, 0.4) is 0 Å². The molecular weight excluding hydrogens is 276 g/mol. The quantitative estimate of drug-likeness (QED) is 0.436. The molecular formula is C16H13N6+. The van der Waals surface area contributed by atoms with E-state index in [1.807, 2.05) is 54.7 Å². The van der Waals surface area contributed by atoms with E-state index >= 15 is 0 Å². The SMILES string of the molecule is Nc1ccc(-c2c[n+](-c3cnc4ccccc4n3)[nH]n2)cc1. The van der Waals surface area contributed by atoms with Crippen LogP contribution in [0.2, 0.25) is 0 Å². The molecule has 0 amide bonds. The molecule has 3 N–H and O–H groups in total. The molecule has 0 aliphatic heterocycles. The molecule has 6 nitrogen and oxygen atoms in total. The van der Waals surface area contributed by atoms with Crippen LogP contribution >= 0.6 is 0 Å². The molecule has 106 valence electrons. The van der Waals surface area contributed by atoms with Crippen molar-refractivity contribution in [2.75, 3.05) is 5.73 Å². The van der Waals surface area contributed by atoms with Gasteiger partial charge in [0.2, 0.25) is 5.69 Å². The van der Waals surface area contributed by atoms with E-state index in [4.69, 9.17) is 5.73 Å². The van der Waals surface area contributed by atoms with E-state index in [1.54, 1.807) is 10.9 Å². The van der Waals surface area contributed by atoms with E-state index in [0.717, 1.165) is 28.0 Å². The number of hydrogen-bond donors (Lipinski definition) is 2. The highest BCUT2D eigenvalue weighted by Gasteiger charge is 2.13. The number of aromatic amines is 1. The van der Waals surface area contributed by atoms with Gasteiger partial charge < -0.3 is 5.73 Å².